The lowest BCUT2D eigenvalue weighted by Crippen LogP contribution is -2.32. The molecule has 0 aliphatic rings. The number of hydrogen-bond donors (Lipinski definition) is 0. The van der Waals surface area contributed by atoms with Crippen LogP contribution >= 0.6 is 0 Å². The molecular weight excluding hydrogens is 436 g/mol. The Kier molecular flexibility index (Phi) is 6.53. The first kappa shape index (κ1) is 23.0. The maximum Gasteiger partial charge on any atom is 0.243 e. The molecule has 33 heavy (non-hydrogen) atoms. The number of sulfonamides is 1. The molecule has 8 nitrogen and oxygen atoms in total. The smallest absolute Gasteiger partial charge is 0.243 e. The first-order valence-electron chi connectivity index (χ1n) is 10.9. The van der Waals surface area contributed by atoms with Gasteiger partial charge in [0.25, 0.3) is 0 Å². The van der Waals surface area contributed by atoms with Gasteiger partial charge in [0, 0.05) is 32.2 Å². The number of fused-ring (bicyclic) bond motifs is 1. The zero-order valence-electron chi connectivity index (χ0n) is 19.3. The van der Waals surface area contributed by atoms with Gasteiger partial charge in [0.05, 0.1) is 34.5 Å². The second-order valence-electron chi connectivity index (χ2n) is 8.55. The molecule has 0 spiro atoms. The molecule has 0 N–H and O–H groups in total. The molecule has 1 unspecified atom stereocenters. The lowest BCUT2D eigenvalue weighted by molar-refractivity contribution is 0.317. The van der Waals surface area contributed by atoms with E-state index < -0.39 is 16.1 Å². The highest BCUT2D eigenvalue weighted by molar-refractivity contribution is 7.89. The molecule has 0 aliphatic heterocycles. The SMILES string of the molecule is Cc1nc2cnccc2n1Cc1ccc(S(=O)(=O)N(C)C(CC(C)C)c2cnccn2)cc1. The Labute approximate surface area is 194 Å². The normalized spacial score (nSPS) is 13.2. The van der Waals surface area contributed by atoms with Crippen LogP contribution < -0.4 is 0 Å². The number of hydrogen-bond acceptors (Lipinski definition) is 6. The Bertz CT molecular complexity index is 1330. The molecule has 0 saturated heterocycles. The highest BCUT2D eigenvalue weighted by Crippen LogP contribution is 2.30. The van der Waals surface area contributed by atoms with Crippen molar-refractivity contribution in [1.29, 1.82) is 0 Å². The summed E-state index contributed by atoms with van der Waals surface area (Å²) in [5.74, 6) is 1.18. The number of pyridine rings is 1. The molecule has 9 heteroatoms. The van der Waals surface area contributed by atoms with E-state index in [9.17, 15) is 8.42 Å². The molecule has 1 atom stereocenters. The topological polar surface area (TPSA) is 93.9 Å². The van der Waals surface area contributed by atoms with Crippen molar-refractivity contribution in [2.24, 2.45) is 5.92 Å². The monoisotopic (exact) mass is 464 g/mol. The molecule has 0 amide bonds. The zero-order chi connectivity index (χ0) is 23.6. The molecule has 4 rings (SSSR count). The quantitative estimate of drug-likeness (QED) is 0.391. The zero-order valence-corrected chi connectivity index (χ0v) is 20.1. The molecule has 3 heterocycles. The molecular formula is C24H28N6O2S. The van der Waals surface area contributed by atoms with Crippen LogP contribution in [0.15, 0.2) is 66.2 Å². The molecule has 0 aliphatic carbocycles. The van der Waals surface area contributed by atoms with Crippen molar-refractivity contribution in [3.63, 3.8) is 0 Å². The molecule has 0 saturated carbocycles. The third kappa shape index (κ3) is 4.79. The van der Waals surface area contributed by atoms with Gasteiger partial charge in [-0.05, 0) is 43.0 Å². The van der Waals surface area contributed by atoms with Gasteiger partial charge in [0.2, 0.25) is 10.0 Å². The van der Waals surface area contributed by atoms with E-state index in [1.165, 1.54) is 4.31 Å². The van der Waals surface area contributed by atoms with Crippen molar-refractivity contribution in [1.82, 2.24) is 28.8 Å². The molecule has 4 aromatic rings. The summed E-state index contributed by atoms with van der Waals surface area (Å²) in [6, 6.07) is 8.59. The first-order chi connectivity index (χ1) is 15.8. The van der Waals surface area contributed by atoms with Crippen molar-refractivity contribution in [3.05, 3.63) is 78.4 Å². The van der Waals surface area contributed by atoms with E-state index in [-0.39, 0.29) is 4.90 Å². The minimum atomic E-state index is -3.72. The van der Waals surface area contributed by atoms with Crippen molar-refractivity contribution in [2.75, 3.05) is 7.05 Å². The van der Waals surface area contributed by atoms with Crippen molar-refractivity contribution < 1.29 is 8.42 Å². The summed E-state index contributed by atoms with van der Waals surface area (Å²) in [5, 5.41) is 0. The third-order valence-corrected chi connectivity index (χ3v) is 7.62. The number of aryl methyl sites for hydroxylation is 1. The van der Waals surface area contributed by atoms with E-state index in [1.807, 2.05) is 25.1 Å². The fourth-order valence-electron chi connectivity index (χ4n) is 3.97. The molecule has 0 bridgehead atoms. The average molecular weight is 465 g/mol. The molecule has 0 fully saturated rings. The Balaban J connectivity index is 1.59. The van der Waals surface area contributed by atoms with Gasteiger partial charge in [-0.25, -0.2) is 13.4 Å². The maximum atomic E-state index is 13.4. The van der Waals surface area contributed by atoms with E-state index >= 15 is 0 Å². The minimum absolute atomic E-state index is 0.253. The van der Waals surface area contributed by atoms with Crippen molar-refractivity contribution >= 4 is 21.1 Å². The summed E-state index contributed by atoms with van der Waals surface area (Å²) in [5.41, 5.74) is 3.48. The van der Waals surface area contributed by atoms with Gasteiger partial charge in [-0.1, -0.05) is 26.0 Å². The van der Waals surface area contributed by atoms with Gasteiger partial charge in [-0.2, -0.15) is 4.31 Å². The van der Waals surface area contributed by atoms with Gasteiger partial charge in [-0.15, -0.1) is 0 Å². The summed E-state index contributed by atoms with van der Waals surface area (Å²) >= 11 is 0. The lowest BCUT2D eigenvalue weighted by Gasteiger charge is -2.28. The fourth-order valence-corrected chi connectivity index (χ4v) is 5.31. The second kappa shape index (κ2) is 9.36. The molecule has 1 aromatic carbocycles. The van der Waals surface area contributed by atoms with Gasteiger partial charge < -0.3 is 4.57 Å². The van der Waals surface area contributed by atoms with Crippen LogP contribution in [0.25, 0.3) is 11.0 Å². The number of rotatable bonds is 8. The highest BCUT2D eigenvalue weighted by Gasteiger charge is 2.30. The summed E-state index contributed by atoms with van der Waals surface area (Å²) < 4.78 is 30.4. The Morgan fingerprint density at radius 3 is 2.39 bits per heavy atom. The predicted molar refractivity (Wildman–Crippen MR) is 127 cm³/mol. The van der Waals surface area contributed by atoms with E-state index in [0.29, 0.717) is 24.6 Å². The molecule has 0 radical (unpaired) electrons. The minimum Gasteiger partial charge on any atom is -0.324 e. The summed E-state index contributed by atoms with van der Waals surface area (Å²) in [6.45, 7) is 6.68. The average Bonchev–Trinajstić information content (AvgIpc) is 3.13. The maximum absolute atomic E-state index is 13.4. The Morgan fingerprint density at radius 1 is 1.00 bits per heavy atom. The Morgan fingerprint density at radius 2 is 1.73 bits per heavy atom. The number of nitrogens with zero attached hydrogens (tertiary/aromatic N) is 6. The first-order valence-corrected chi connectivity index (χ1v) is 12.3. The summed E-state index contributed by atoms with van der Waals surface area (Å²) in [7, 11) is -2.10. The van der Waals surface area contributed by atoms with Crippen LogP contribution in [0.4, 0.5) is 0 Å². The summed E-state index contributed by atoms with van der Waals surface area (Å²) in [6.07, 6.45) is 8.95. The van der Waals surface area contributed by atoms with Crippen LogP contribution in [-0.2, 0) is 16.6 Å². The lowest BCUT2D eigenvalue weighted by atomic mass is 10.0. The standard InChI is InChI=1S/C24H28N6O2S/c1-17(2)13-24(21-14-26-11-12-27-21)29(4)33(31,32)20-7-5-19(6-8-20)16-30-18(3)28-22-15-25-10-9-23(22)30/h5-12,14-15,17,24H,13,16H2,1-4H3. The van der Waals surface area contributed by atoms with Gasteiger partial charge >= 0.3 is 0 Å². The Hall–Kier alpha value is -3.17. The largest absolute Gasteiger partial charge is 0.324 e. The van der Waals surface area contributed by atoms with Gasteiger partial charge in [0.1, 0.15) is 11.3 Å². The van der Waals surface area contributed by atoms with Gasteiger partial charge in [0.15, 0.2) is 0 Å². The fraction of sp³-hybridized carbons (Fsp3) is 0.333. The predicted octanol–water partition coefficient (Wildman–Crippen LogP) is 3.99. The highest BCUT2D eigenvalue weighted by atomic mass is 32.2. The van der Waals surface area contributed by atoms with Crippen LogP contribution in [-0.4, -0.2) is 44.3 Å². The second-order valence-corrected chi connectivity index (χ2v) is 10.5. The van der Waals surface area contributed by atoms with Crippen LogP contribution in [0.1, 0.15) is 43.4 Å². The molecule has 3 aromatic heterocycles. The summed E-state index contributed by atoms with van der Waals surface area (Å²) in [4.78, 5) is 17.4. The van der Waals surface area contributed by atoms with Crippen LogP contribution in [0, 0.1) is 12.8 Å². The third-order valence-electron chi connectivity index (χ3n) is 5.74. The van der Waals surface area contributed by atoms with E-state index in [0.717, 1.165) is 22.4 Å². The van der Waals surface area contributed by atoms with Crippen LogP contribution in [0.3, 0.4) is 0 Å². The van der Waals surface area contributed by atoms with E-state index in [4.69, 9.17) is 0 Å². The number of benzene rings is 1. The van der Waals surface area contributed by atoms with Gasteiger partial charge in [-0.3, -0.25) is 15.0 Å². The van der Waals surface area contributed by atoms with Crippen LogP contribution in [0.2, 0.25) is 0 Å². The van der Waals surface area contributed by atoms with Crippen molar-refractivity contribution in [3.8, 4) is 0 Å². The van der Waals surface area contributed by atoms with E-state index in [1.54, 1.807) is 50.2 Å². The van der Waals surface area contributed by atoms with Crippen molar-refractivity contribution in [2.45, 2.75) is 44.7 Å². The number of aromatic nitrogens is 5. The number of imidazole rings is 1. The molecule has 172 valence electrons. The van der Waals surface area contributed by atoms with Crippen LogP contribution in [0.5, 0.6) is 0 Å². The van der Waals surface area contributed by atoms with E-state index in [2.05, 4.69) is 38.4 Å².